The molecule has 0 bridgehead atoms. The summed E-state index contributed by atoms with van der Waals surface area (Å²) in [5.41, 5.74) is 0. The van der Waals surface area contributed by atoms with Crippen molar-refractivity contribution in [3.8, 4) is 0 Å². The molecule has 0 aromatic heterocycles. The number of hydrogen-bond donors (Lipinski definition) is 1. The molecular weight excluding hydrogens is 260 g/mol. The van der Waals surface area contributed by atoms with Gasteiger partial charge in [0.25, 0.3) is 0 Å². The van der Waals surface area contributed by atoms with Crippen LogP contribution in [-0.4, -0.2) is 11.1 Å². The van der Waals surface area contributed by atoms with E-state index in [0.717, 1.165) is 12.8 Å². The monoisotopic (exact) mass is 298 g/mol. The van der Waals surface area contributed by atoms with Crippen molar-refractivity contribution in [2.75, 3.05) is 0 Å². The SMILES string of the molecule is CCCCCCC(C)C(CC(CCC)CCCC)C(=O)O. The number of carbonyl (C=O) groups is 1. The Bertz CT molecular complexity index is 250. The molecule has 0 aliphatic carbocycles. The van der Waals surface area contributed by atoms with Gasteiger partial charge in [0.15, 0.2) is 0 Å². The van der Waals surface area contributed by atoms with Crippen LogP contribution in [0.1, 0.15) is 98.3 Å². The molecule has 2 nitrogen and oxygen atoms in total. The molecule has 0 aromatic rings. The first-order valence-electron chi connectivity index (χ1n) is 9.29. The fourth-order valence-corrected chi connectivity index (χ4v) is 3.31. The van der Waals surface area contributed by atoms with Crippen LogP contribution in [0.4, 0.5) is 0 Å². The summed E-state index contributed by atoms with van der Waals surface area (Å²) in [7, 11) is 0. The van der Waals surface area contributed by atoms with Gasteiger partial charge in [0.05, 0.1) is 5.92 Å². The van der Waals surface area contributed by atoms with E-state index in [0.29, 0.717) is 11.8 Å². The average molecular weight is 299 g/mol. The van der Waals surface area contributed by atoms with E-state index in [2.05, 4.69) is 27.7 Å². The Morgan fingerprint density at radius 3 is 2.05 bits per heavy atom. The molecule has 2 heteroatoms. The number of carboxylic acid groups (broad SMARTS) is 1. The van der Waals surface area contributed by atoms with Crippen LogP contribution in [0, 0.1) is 17.8 Å². The number of unbranched alkanes of at least 4 members (excludes halogenated alkanes) is 4. The van der Waals surface area contributed by atoms with Crippen LogP contribution in [0.2, 0.25) is 0 Å². The molecule has 126 valence electrons. The molecule has 21 heavy (non-hydrogen) atoms. The third-order valence-corrected chi connectivity index (χ3v) is 4.77. The Balaban J connectivity index is 4.38. The molecule has 0 radical (unpaired) electrons. The second-order valence-corrected chi connectivity index (χ2v) is 6.80. The molecule has 0 saturated heterocycles. The van der Waals surface area contributed by atoms with Crippen molar-refractivity contribution in [3.63, 3.8) is 0 Å². The van der Waals surface area contributed by atoms with E-state index in [1.807, 2.05) is 0 Å². The lowest BCUT2D eigenvalue weighted by Gasteiger charge is -2.25. The lowest BCUT2D eigenvalue weighted by molar-refractivity contribution is -0.144. The number of rotatable bonds is 14. The largest absolute Gasteiger partial charge is 0.481 e. The van der Waals surface area contributed by atoms with E-state index < -0.39 is 5.97 Å². The van der Waals surface area contributed by atoms with E-state index >= 15 is 0 Å². The molecule has 0 saturated carbocycles. The van der Waals surface area contributed by atoms with Crippen LogP contribution >= 0.6 is 0 Å². The van der Waals surface area contributed by atoms with Crippen LogP contribution in [0.5, 0.6) is 0 Å². The maximum Gasteiger partial charge on any atom is 0.306 e. The first kappa shape index (κ1) is 20.5. The highest BCUT2D eigenvalue weighted by atomic mass is 16.4. The fourth-order valence-electron chi connectivity index (χ4n) is 3.31. The van der Waals surface area contributed by atoms with E-state index in [-0.39, 0.29) is 5.92 Å². The molecule has 3 unspecified atom stereocenters. The van der Waals surface area contributed by atoms with Crippen LogP contribution in [0.3, 0.4) is 0 Å². The first-order valence-corrected chi connectivity index (χ1v) is 9.29. The summed E-state index contributed by atoms with van der Waals surface area (Å²) < 4.78 is 0. The van der Waals surface area contributed by atoms with Gasteiger partial charge in [-0.3, -0.25) is 4.79 Å². The lowest BCUT2D eigenvalue weighted by atomic mass is 9.80. The minimum atomic E-state index is -0.574. The normalized spacial score (nSPS) is 15.6. The van der Waals surface area contributed by atoms with E-state index in [1.54, 1.807) is 0 Å². The summed E-state index contributed by atoms with van der Waals surface area (Å²) in [5.74, 6) is 0.213. The molecule has 0 fully saturated rings. The van der Waals surface area contributed by atoms with Crippen molar-refractivity contribution >= 4 is 5.97 Å². The van der Waals surface area contributed by atoms with Crippen LogP contribution < -0.4 is 0 Å². The zero-order chi connectivity index (χ0) is 16.1. The van der Waals surface area contributed by atoms with Crippen molar-refractivity contribution in [3.05, 3.63) is 0 Å². The lowest BCUT2D eigenvalue weighted by Crippen LogP contribution is -2.25. The minimum absolute atomic E-state index is 0.139. The summed E-state index contributed by atoms with van der Waals surface area (Å²) >= 11 is 0. The number of aliphatic carboxylic acids is 1. The predicted molar refractivity (Wildman–Crippen MR) is 91.6 cm³/mol. The van der Waals surface area contributed by atoms with E-state index in [1.165, 1.54) is 57.8 Å². The Labute approximate surface area is 132 Å². The number of carboxylic acids is 1. The molecule has 0 amide bonds. The van der Waals surface area contributed by atoms with Gasteiger partial charge < -0.3 is 5.11 Å². The van der Waals surface area contributed by atoms with Crippen molar-refractivity contribution in [1.82, 2.24) is 0 Å². The second kappa shape index (κ2) is 13.2. The Morgan fingerprint density at radius 1 is 0.857 bits per heavy atom. The molecule has 0 aliphatic heterocycles. The van der Waals surface area contributed by atoms with Crippen LogP contribution in [-0.2, 0) is 4.79 Å². The highest BCUT2D eigenvalue weighted by molar-refractivity contribution is 5.70. The van der Waals surface area contributed by atoms with Crippen molar-refractivity contribution in [1.29, 1.82) is 0 Å². The third kappa shape index (κ3) is 9.92. The molecule has 1 N–H and O–H groups in total. The van der Waals surface area contributed by atoms with Gasteiger partial charge in [0.2, 0.25) is 0 Å². The standard InChI is InChI=1S/C19H38O2/c1-5-8-10-11-13-16(4)18(19(20)21)15-17(12-7-3)14-9-6-2/h16-18H,5-15H2,1-4H3,(H,20,21). The molecule has 0 spiro atoms. The highest BCUT2D eigenvalue weighted by Gasteiger charge is 2.27. The van der Waals surface area contributed by atoms with Crippen LogP contribution in [0.15, 0.2) is 0 Å². The molecule has 0 aliphatic rings. The summed E-state index contributed by atoms with van der Waals surface area (Å²) in [5, 5.41) is 9.59. The molecule has 3 atom stereocenters. The summed E-state index contributed by atoms with van der Waals surface area (Å²) in [4.78, 5) is 11.6. The van der Waals surface area contributed by atoms with Crippen molar-refractivity contribution < 1.29 is 9.90 Å². The quantitative estimate of drug-likeness (QED) is 0.383. The average Bonchev–Trinajstić information content (AvgIpc) is 2.45. The Morgan fingerprint density at radius 2 is 1.52 bits per heavy atom. The zero-order valence-electron chi connectivity index (χ0n) is 14.9. The van der Waals surface area contributed by atoms with E-state index in [4.69, 9.17) is 0 Å². The first-order chi connectivity index (χ1) is 10.1. The van der Waals surface area contributed by atoms with Gasteiger partial charge >= 0.3 is 5.97 Å². The molecular formula is C19H38O2. The van der Waals surface area contributed by atoms with Crippen LogP contribution in [0.25, 0.3) is 0 Å². The van der Waals surface area contributed by atoms with Gasteiger partial charge in [-0.2, -0.15) is 0 Å². The Hall–Kier alpha value is -0.530. The molecule has 0 aromatic carbocycles. The van der Waals surface area contributed by atoms with Gasteiger partial charge in [0, 0.05) is 0 Å². The Kier molecular flexibility index (Phi) is 12.8. The zero-order valence-corrected chi connectivity index (χ0v) is 14.9. The maximum absolute atomic E-state index is 11.6. The van der Waals surface area contributed by atoms with Crippen molar-refractivity contribution in [2.24, 2.45) is 17.8 Å². The smallest absolute Gasteiger partial charge is 0.306 e. The van der Waals surface area contributed by atoms with Gasteiger partial charge in [0.1, 0.15) is 0 Å². The van der Waals surface area contributed by atoms with Gasteiger partial charge in [-0.1, -0.05) is 85.5 Å². The highest BCUT2D eigenvalue weighted by Crippen LogP contribution is 2.30. The summed E-state index contributed by atoms with van der Waals surface area (Å²) in [6.07, 6.45) is 12.9. The van der Waals surface area contributed by atoms with Crippen molar-refractivity contribution in [2.45, 2.75) is 98.3 Å². The maximum atomic E-state index is 11.6. The van der Waals surface area contributed by atoms with E-state index in [9.17, 15) is 9.90 Å². The predicted octanol–water partition coefficient (Wildman–Crippen LogP) is 6.29. The molecule has 0 rings (SSSR count). The number of hydrogen-bond acceptors (Lipinski definition) is 1. The van der Waals surface area contributed by atoms with Gasteiger partial charge in [-0.15, -0.1) is 0 Å². The van der Waals surface area contributed by atoms with Gasteiger partial charge in [-0.05, 0) is 24.7 Å². The molecule has 0 heterocycles. The topological polar surface area (TPSA) is 37.3 Å². The van der Waals surface area contributed by atoms with Gasteiger partial charge in [-0.25, -0.2) is 0 Å². The minimum Gasteiger partial charge on any atom is -0.481 e. The second-order valence-electron chi connectivity index (χ2n) is 6.80. The third-order valence-electron chi connectivity index (χ3n) is 4.77. The fraction of sp³-hybridized carbons (Fsp3) is 0.947. The summed E-state index contributed by atoms with van der Waals surface area (Å²) in [6, 6.07) is 0. The summed E-state index contributed by atoms with van der Waals surface area (Å²) in [6.45, 7) is 8.79.